The monoisotopic (exact) mass is 514 g/mol. The third-order valence-corrected chi connectivity index (χ3v) is 11.9. The van der Waals surface area contributed by atoms with E-state index < -0.39 is 5.79 Å². The van der Waals surface area contributed by atoms with E-state index in [0.717, 1.165) is 51.4 Å². The van der Waals surface area contributed by atoms with Crippen LogP contribution >= 0.6 is 0 Å². The van der Waals surface area contributed by atoms with Crippen molar-refractivity contribution in [2.45, 2.75) is 130 Å². The lowest BCUT2D eigenvalue weighted by molar-refractivity contribution is -0.245. The van der Waals surface area contributed by atoms with Crippen LogP contribution in [0.5, 0.6) is 0 Å². The van der Waals surface area contributed by atoms with Gasteiger partial charge in [0.2, 0.25) is 0 Å². The van der Waals surface area contributed by atoms with Crippen LogP contribution in [0.2, 0.25) is 0 Å². The summed E-state index contributed by atoms with van der Waals surface area (Å²) in [4.78, 5) is 24.1. The third-order valence-electron chi connectivity index (χ3n) is 11.9. The molecule has 6 nitrogen and oxygen atoms in total. The summed E-state index contributed by atoms with van der Waals surface area (Å²) in [6.45, 7) is 14.5. The largest absolute Gasteiger partial charge is 0.463 e. The quantitative estimate of drug-likeness (QED) is 0.334. The van der Waals surface area contributed by atoms with Gasteiger partial charge in [0.25, 0.3) is 0 Å². The van der Waals surface area contributed by atoms with Crippen LogP contribution in [-0.2, 0) is 28.5 Å². The van der Waals surface area contributed by atoms with Crippen LogP contribution in [0.1, 0.15) is 99.8 Å². The first-order chi connectivity index (χ1) is 17.3. The fourth-order valence-electron chi connectivity index (χ4n) is 10.2. The van der Waals surface area contributed by atoms with Crippen molar-refractivity contribution in [3.8, 4) is 0 Å². The fraction of sp³-hybridized carbons (Fsp3) is 0.871. The topological polar surface area (TPSA) is 71.1 Å². The maximum Gasteiger partial charge on any atom is 0.302 e. The van der Waals surface area contributed by atoms with Gasteiger partial charge in [0.05, 0.1) is 11.7 Å². The van der Waals surface area contributed by atoms with Gasteiger partial charge in [0.15, 0.2) is 5.79 Å². The summed E-state index contributed by atoms with van der Waals surface area (Å²) in [5.41, 5.74) is 1.22. The SMILES string of the molecule is CC(=O)OC1CCC2(C)C(CCC3C4=CC5O[C@@]6(CCC(C)(C)O6)[C@@H](C)C5C4(C)C(OC(C)=O)CC32)C1. The van der Waals surface area contributed by atoms with Gasteiger partial charge >= 0.3 is 11.9 Å². The summed E-state index contributed by atoms with van der Waals surface area (Å²) in [6, 6.07) is 0. The molecule has 0 aromatic rings. The maximum absolute atomic E-state index is 12.5. The first-order valence-electron chi connectivity index (χ1n) is 14.7. The molecule has 0 radical (unpaired) electrons. The van der Waals surface area contributed by atoms with Crippen molar-refractivity contribution in [3.63, 3.8) is 0 Å². The lowest BCUT2D eigenvalue weighted by Crippen LogP contribution is -2.58. The van der Waals surface area contributed by atoms with E-state index in [-0.39, 0.29) is 58.5 Å². The zero-order chi connectivity index (χ0) is 26.5. The minimum atomic E-state index is -0.541. The molecule has 9 unspecified atom stereocenters. The molecule has 2 heterocycles. The van der Waals surface area contributed by atoms with Crippen LogP contribution in [0, 0.1) is 40.4 Å². The molecule has 0 aromatic carbocycles. The number of hydrogen-bond acceptors (Lipinski definition) is 6. The van der Waals surface area contributed by atoms with Gasteiger partial charge in [0.1, 0.15) is 12.2 Å². The predicted octanol–water partition coefficient (Wildman–Crippen LogP) is 5.97. The number of fused-ring (bicyclic) bond motifs is 7. The Kier molecular flexibility index (Phi) is 5.80. The molecule has 37 heavy (non-hydrogen) atoms. The molecule has 5 fully saturated rings. The predicted molar refractivity (Wildman–Crippen MR) is 138 cm³/mol. The lowest BCUT2D eigenvalue weighted by Gasteiger charge is -2.61. The van der Waals surface area contributed by atoms with Crippen molar-refractivity contribution >= 4 is 11.9 Å². The Balaban J connectivity index is 1.34. The Bertz CT molecular complexity index is 1020. The van der Waals surface area contributed by atoms with Gasteiger partial charge in [0, 0.05) is 37.5 Å². The summed E-state index contributed by atoms with van der Waals surface area (Å²) in [6.07, 6.45) is 10.4. The van der Waals surface area contributed by atoms with Gasteiger partial charge in [-0.1, -0.05) is 32.4 Å². The molecule has 6 aliphatic rings. The van der Waals surface area contributed by atoms with E-state index in [4.69, 9.17) is 18.9 Å². The second kappa shape index (κ2) is 8.30. The molecule has 1 spiro atoms. The molecular formula is C31H46O6. The Morgan fingerprint density at radius 3 is 2.32 bits per heavy atom. The van der Waals surface area contributed by atoms with Gasteiger partial charge < -0.3 is 18.9 Å². The first kappa shape index (κ1) is 25.9. The van der Waals surface area contributed by atoms with Crippen molar-refractivity contribution in [2.75, 3.05) is 0 Å². The smallest absolute Gasteiger partial charge is 0.302 e. The Labute approximate surface area is 222 Å². The molecule has 206 valence electrons. The van der Waals surface area contributed by atoms with Gasteiger partial charge in [-0.2, -0.15) is 0 Å². The van der Waals surface area contributed by atoms with E-state index in [1.54, 1.807) is 6.92 Å². The molecule has 6 rings (SSSR count). The summed E-state index contributed by atoms with van der Waals surface area (Å²) < 4.78 is 25.4. The van der Waals surface area contributed by atoms with Crippen molar-refractivity contribution in [2.24, 2.45) is 40.4 Å². The van der Waals surface area contributed by atoms with Crippen LogP contribution in [0.15, 0.2) is 11.6 Å². The maximum atomic E-state index is 12.5. The number of ether oxygens (including phenoxy) is 4. The van der Waals surface area contributed by atoms with E-state index >= 15 is 0 Å². The lowest BCUT2D eigenvalue weighted by atomic mass is 9.45. The second-order valence-corrected chi connectivity index (χ2v) is 14.3. The normalized spacial score (nSPS) is 51.5. The summed E-state index contributed by atoms with van der Waals surface area (Å²) in [7, 11) is 0. The highest BCUT2D eigenvalue weighted by Gasteiger charge is 2.70. The number of rotatable bonds is 2. The van der Waals surface area contributed by atoms with E-state index in [1.165, 1.54) is 12.5 Å². The molecule has 6 heteroatoms. The van der Waals surface area contributed by atoms with Gasteiger partial charge in [-0.15, -0.1) is 0 Å². The number of esters is 2. The minimum Gasteiger partial charge on any atom is -0.463 e. The summed E-state index contributed by atoms with van der Waals surface area (Å²) in [5, 5.41) is 0. The standard InChI is InChI=1S/C31H46O6/c1-17-27-25(36-31(17)13-12-28(4,5)37-31)15-24-22-9-8-20-14-21(34-18(2)32)10-11-29(20,6)23(22)16-26(30(24,27)7)35-19(3)33/h15,17,20-23,25-27H,8-14,16H2,1-7H3/t17-,20?,21?,22?,23?,25?,26?,27?,29?,30?,31+/m0/s1. The zero-order valence-corrected chi connectivity index (χ0v) is 23.8. The molecule has 0 bridgehead atoms. The van der Waals surface area contributed by atoms with Crippen LogP contribution in [0.3, 0.4) is 0 Å². The minimum absolute atomic E-state index is 0.00550. The van der Waals surface area contributed by atoms with Gasteiger partial charge in [-0.05, 0) is 82.0 Å². The van der Waals surface area contributed by atoms with Crippen molar-refractivity contribution in [3.05, 3.63) is 11.6 Å². The highest BCUT2D eigenvalue weighted by Crippen LogP contribution is 2.70. The number of carbonyl (C=O) groups is 2. The average molecular weight is 515 g/mol. The van der Waals surface area contributed by atoms with Crippen LogP contribution in [0.4, 0.5) is 0 Å². The molecule has 0 amide bonds. The first-order valence-corrected chi connectivity index (χ1v) is 14.7. The van der Waals surface area contributed by atoms with Gasteiger partial charge in [-0.25, -0.2) is 0 Å². The van der Waals surface area contributed by atoms with E-state index in [0.29, 0.717) is 17.8 Å². The molecule has 0 N–H and O–H groups in total. The molecular weight excluding hydrogens is 468 g/mol. The number of carbonyl (C=O) groups excluding carboxylic acids is 2. The molecule has 4 aliphatic carbocycles. The third kappa shape index (κ3) is 3.71. The van der Waals surface area contributed by atoms with E-state index in [9.17, 15) is 9.59 Å². The summed E-state index contributed by atoms with van der Waals surface area (Å²) in [5.74, 6) is 1.03. The average Bonchev–Trinajstić information content (AvgIpc) is 3.37. The van der Waals surface area contributed by atoms with Crippen molar-refractivity contribution in [1.82, 2.24) is 0 Å². The highest BCUT2D eigenvalue weighted by molar-refractivity contribution is 5.66. The summed E-state index contributed by atoms with van der Waals surface area (Å²) >= 11 is 0. The van der Waals surface area contributed by atoms with E-state index in [1.807, 2.05) is 0 Å². The fourth-order valence-corrected chi connectivity index (χ4v) is 10.2. The van der Waals surface area contributed by atoms with Crippen LogP contribution in [-0.4, -0.2) is 41.6 Å². The molecule has 11 atom stereocenters. The second-order valence-electron chi connectivity index (χ2n) is 14.3. The van der Waals surface area contributed by atoms with E-state index in [2.05, 4.69) is 40.7 Å². The number of hydrogen-bond donors (Lipinski definition) is 0. The van der Waals surface area contributed by atoms with Crippen molar-refractivity contribution in [1.29, 1.82) is 0 Å². The van der Waals surface area contributed by atoms with Crippen molar-refractivity contribution < 1.29 is 28.5 Å². The van der Waals surface area contributed by atoms with Crippen LogP contribution < -0.4 is 0 Å². The highest BCUT2D eigenvalue weighted by atomic mass is 16.7. The molecule has 2 saturated heterocycles. The zero-order valence-electron chi connectivity index (χ0n) is 23.8. The molecule has 0 aromatic heterocycles. The molecule has 2 aliphatic heterocycles. The van der Waals surface area contributed by atoms with Gasteiger partial charge in [-0.3, -0.25) is 9.59 Å². The Morgan fingerprint density at radius 2 is 1.68 bits per heavy atom. The Morgan fingerprint density at radius 1 is 0.946 bits per heavy atom. The van der Waals surface area contributed by atoms with Crippen LogP contribution in [0.25, 0.3) is 0 Å². The molecule has 3 saturated carbocycles. The Hall–Kier alpha value is -1.40.